The highest BCUT2D eigenvalue weighted by atomic mass is 32.2. The van der Waals surface area contributed by atoms with Crippen LogP contribution < -0.4 is 5.32 Å². The average Bonchev–Trinajstić information content (AvgIpc) is 2.77. The molecule has 1 aromatic heterocycles. The molecule has 1 aromatic carbocycles. The molecule has 0 radical (unpaired) electrons. The zero-order valence-corrected chi connectivity index (χ0v) is 11.7. The van der Waals surface area contributed by atoms with Gasteiger partial charge < -0.3 is 5.32 Å². The monoisotopic (exact) mass is 283 g/mol. The lowest BCUT2D eigenvalue weighted by molar-refractivity contribution is 0.602. The van der Waals surface area contributed by atoms with E-state index >= 15 is 0 Å². The van der Waals surface area contributed by atoms with Gasteiger partial charge in [0.25, 0.3) is 0 Å². The summed E-state index contributed by atoms with van der Waals surface area (Å²) in [5.74, 6) is 0. The minimum absolute atomic E-state index is 0.292. The first-order valence-electron chi connectivity index (χ1n) is 5.38. The first-order chi connectivity index (χ1) is 8.50. The molecule has 96 valence electrons. The summed E-state index contributed by atoms with van der Waals surface area (Å²) >= 11 is 1.40. The Labute approximate surface area is 110 Å². The van der Waals surface area contributed by atoms with Crippen molar-refractivity contribution in [3.63, 3.8) is 0 Å². The van der Waals surface area contributed by atoms with Crippen LogP contribution in [0.5, 0.6) is 0 Å². The number of aromatic nitrogens is 2. The van der Waals surface area contributed by atoms with Crippen molar-refractivity contribution in [3.05, 3.63) is 24.3 Å². The van der Waals surface area contributed by atoms with Crippen LogP contribution in [0.3, 0.4) is 0 Å². The van der Waals surface area contributed by atoms with Crippen molar-refractivity contribution in [2.75, 3.05) is 18.1 Å². The highest BCUT2D eigenvalue weighted by Crippen LogP contribution is 2.27. The second-order valence-corrected chi connectivity index (χ2v) is 6.74. The van der Waals surface area contributed by atoms with Gasteiger partial charge >= 0.3 is 0 Å². The Balaban J connectivity index is 2.38. The third kappa shape index (κ3) is 2.85. The molecule has 0 unspecified atom stereocenters. The minimum atomic E-state index is -3.20. The van der Waals surface area contributed by atoms with Gasteiger partial charge in [0.1, 0.15) is 5.01 Å². The minimum Gasteiger partial charge on any atom is -0.360 e. The lowest BCUT2D eigenvalue weighted by Gasteiger charge is -2.00. The Morgan fingerprint density at radius 1 is 1.33 bits per heavy atom. The number of hydrogen-bond acceptors (Lipinski definition) is 6. The van der Waals surface area contributed by atoms with Gasteiger partial charge in [-0.15, -0.1) is 10.2 Å². The van der Waals surface area contributed by atoms with E-state index in [0.29, 0.717) is 9.90 Å². The molecule has 2 rings (SSSR count). The summed E-state index contributed by atoms with van der Waals surface area (Å²) in [7, 11) is -3.20. The van der Waals surface area contributed by atoms with Crippen molar-refractivity contribution in [3.8, 4) is 10.6 Å². The van der Waals surface area contributed by atoms with Crippen molar-refractivity contribution < 1.29 is 8.42 Å². The molecule has 1 N–H and O–H groups in total. The normalized spacial score (nSPS) is 11.4. The molecule has 0 saturated heterocycles. The van der Waals surface area contributed by atoms with E-state index in [0.717, 1.165) is 17.2 Å². The maximum atomic E-state index is 11.5. The van der Waals surface area contributed by atoms with E-state index in [9.17, 15) is 8.42 Å². The third-order valence-corrected chi connectivity index (χ3v) is 4.30. The maximum absolute atomic E-state index is 11.5. The predicted octanol–water partition coefficient (Wildman–Crippen LogP) is 2.04. The molecular weight excluding hydrogens is 270 g/mol. The van der Waals surface area contributed by atoms with E-state index in [1.165, 1.54) is 17.6 Å². The average molecular weight is 283 g/mol. The van der Waals surface area contributed by atoms with Crippen molar-refractivity contribution in [1.29, 1.82) is 0 Å². The van der Waals surface area contributed by atoms with Crippen LogP contribution in [0.25, 0.3) is 10.6 Å². The summed E-state index contributed by atoms with van der Waals surface area (Å²) in [4.78, 5) is 0.292. The molecule has 0 atom stereocenters. The second kappa shape index (κ2) is 5.03. The first kappa shape index (κ1) is 13.0. The van der Waals surface area contributed by atoms with Gasteiger partial charge in [-0.1, -0.05) is 23.5 Å². The molecule has 7 heteroatoms. The van der Waals surface area contributed by atoms with E-state index in [-0.39, 0.29) is 0 Å². The molecule has 0 aliphatic rings. The molecule has 1 heterocycles. The number of rotatable bonds is 4. The zero-order valence-electron chi connectivity index (χ0n) is 10.0. The third-order valence-electron chi connectivity index (χ3n) is 2.26. The van der Waals surface area contributed by atoms with Crippen molar-refractivity contribution in [2.45, 2.75) is 11.8 Å². The Morgan fingerprint density at radius 2 is 2.11 bits per heavy atom. The Hall–Kier alpha value is -1.47. The van der Waals surface area contributed by atoms with Crippen LogP contribution in [0, 0.1) is 0 Å². The summed E-state index contributed by atoms with van der Waals surface area (Å²) in [5, 5.41) is 12.5. The van der Waals surface area contributed by atoms with Gasteiger partial charge in [-0.25, -0.2) is 8.42 Å². The highest BCUT2D eigenvalue weighted by Gasteiger charge is 2.11. The zero-order chi connectivity index (χ0) is 13.2. The number of sulfone groups is 1. The topological polar surface area (TPSA) is 72.0 Å². The number of nitrogens with zero attached hydrogens (tertiary/aromatic N) is 2. The molecule has 18 heavy (non-hydrogen) atoms. The molecular formula is C11H13N3O2S2. The molecule has 0 aliphatic carbocycles. The van der Waals surface area contributed by atoms with Crippen LogP contribution in [0.2, 0.25) is 0 Å². The first-order valence-corrected chi connectivity index (χ1v) is 8.09. The van der Waals surface area contributed by atoms with Gasteiger partial charge in [0.2, 0.25) is 5.13 Å². The molecule has 0 amide bonds. The van der Waals surface area contributed by atoms with Crippen LogP contribution in [0.1, 0.15) is 6.92 Å². The van der Waals surface area contributed by atoms with E-state index in [4.69, 9.17) is 0 Å². The fraction of sp³-hybridized carbons (Fsp3) is 0.273. The summed E-state index contributed by atoms with van der Waals surface area (Å²) in [6.45, 7) is 2.75. The second-order valence-electron chi connectivity index (χ2n) is 3.74. The predicted molar refractivity (Wildman–Crippen MR) is 72.6 cm³/mol. The van der Waals surface area contributed by atoms with Gasteiger partial charge in [0.05, 0.1) is 4.90 Å². The van der Waals surface area contributed by atoms with E-state index in [1.807, 2.05) is 13.0 Å². The molecule has 5 nitrogen and oxygen atoms in total. The highest BCUT2D eigenvalue weighted by molar-refractivity contribution is 7.90. The van der Waals surface area contributed by atoms with E-state index < -0.39 is 9.84 Å². The smallest absolute Gasteiger partial charge is 0.205 e. The summed E-state index contributed by atoms with van der Waals surface area (Å²) in [6.07, 6.45) is 1.19. The molecule has 0 aliphatic heterocycles. The van der Waals surface area contributed by atoms with Crippen LogP contribution in [-0.2, 0) is 9.84 Å². The number of anilines is 1. The quantitative estimate of drug-likeness (QED) is 0.929. The largest absolute Gasteiger partial charge is 0.360 e. The van der Waals surface area contributed by atoms with Crippen molar-refractivity contribution >= 4 is 26.3 Å². The van der Waals surface area contributed by atoms with Crippen LogP contribution in [-0.4, -0.2) is 31.4 Å². The number of nitrogens with one attached hydrogen (secondary N) is 1. The van der Waals surface area contributed by atoms with E-state index in [2.05, 4.69) is 15.5 Å². The van der Waals surface area contributed by atoms with E-state index in [1.54, 1.807) is 18.2 Å². The Morgan fingerprint density at radius 3 is 2.78 bits per heavy atom. The summed E-state index contributed by atoms with van der Waals surface area (Å²) < 4.78 is 23.0. The fourth-order valence-electron chi connectivity index (χ4n) is 1.42. The van der Waals surface area contributed by atoms with Gasteiger partial charge in [-0.3, -0.25) is 0 Å². The number of hydrogen-bond donors (Lipinski definition) is 1. The standard InChI is InChI=1S/C11H13N3O2S2/c1-3-12-11-14-13-10(17-11)8-5-4-6-9(7-8)18(2,15)16/h4-7H,3H2,1-2H3,(H,12,14). The lowest BCUT2D eigenvalue weighted by Crippen LogP contribution is -1.96. The Kier molecular flexibility index (Phi) is 3.63. The maximum Gasteiger partial charge on any atom is 0.205 e. The summed E-state index contributed by atoms with van der Waals surface area (Å²) in [6, 6.07) is 6.72. The molecule has 0 spiro atoms. The molecule has 0 saturated carbocycles. The molecule has 0 fully saturated rings. The SMILES string of the molecule is CCNc1nnc(-c2cccc(S(C)(=O)=O)c2)s1. The summed E-state index contributed by atoms with van der Waals surface area (Å²) in [5.41, 5.74) is 0.763. The lowest BCUT2D eigenvalue weighted by atomic mass is 10.2. The number of benzene rings is 1. The van der Waals surface area contributed by atoms with Gasteiger partial charge in [0, 0.05) is 18.4 Å². The van der Waals surface area contributed by atoms with Crippen LogP contribution >= 0.6 is 11.3 Å². The van der Waals surface area contributed by atoms with Crippen molar-refractivity contribution in [1.82, 2.24) is 10.2 Å². The molecule has 2 aromatic rings. The van der Waals surface area contributed by atoms with Gasteiger partial charge in [-0.05, 0) is 19.1 Å². The van der Waals surface area contributed by atoms with Crippen molar-refractivity contribution in [2.24, 2.45) is 0 Å². The van der Waals surface area contributed by atoms with Gasteiger partial charge in [-0.2, -0.15) is 0 Å². The Bertz CT molecular complexity index is 650. The van der Waals surface area contributed by atoms with Crippen LogP contribution in [0.4, 0.5) is 5.13 Å². The molecule has 0 bridgehead atoms. The fourth-order valence-corrected chi connectivity index (χ4v) is 2.90. The van der Waals surface area contributed by atoms with Crippen LogP contribution in [0.15, 0.2) is 29.2 Å². The van der Waals surface area contributed by atoms with Gasteiger partial charge in [0.15, 0.2) is 9.84 Å².